The Bertz CT molecular complexity index is 312. The largest absolute Gasteiger partial charge is 0.490 e. The predicted octanol–water partition coefficient (Wildman–Crippen LogP) is 1.80. The molecule has 0 bridgehead atoms. The van der Waals surface area contributed by atoms with Crippen LogP contribution >= 0.6 is 11.6 Å². The number of alkyl halides is 7. The van der Waals surface area contributed by atoms with Gasteiger partial charge in [-0.2, -0.15) is 26.3 Å². The molecule has 18 heavy (non-hydrogen) atoms. The molecular formula is C7H5ClF6O4. The molecule has 0 aliphatic rings. The highest BCUT2D eigenvalue weighted by Gasteiger charge is 2.44. The molecule has 11 heteroatoms. The summed E-state index contributed by atoms with van der Waals surface area (Å²) >= 11 is 5.04. The van der Waals surface area contributed by atoms with Crippen LogP contribution in [0.4, 0.5) is 26.3 Å². The summed E-state index contributed by atoms with van der Waals surface area (Å²) in [4.78, 5) is 20.5. The van der Waals surface area contributed by atoms with Crippen LogP contribution < -0.4 is 0 Å². The third-order valence-corrected chi connectivity index (χ3v) is 1.65. The Morgan fingerprint density at radius 3 is 1.78 bits per heavy atom. The summed E-state index contributed by atoms with van der Waals surface area (Å²) in [6, 6.07) is 0. The summed E-state index contributed by atoms with van der Waals surface area (Å²) in [5.41, 5.74) is 0. The number of rotatable bonds is 4. The molecule has 4 nitrogen and oxygen atoms in total. The Kier molecular flexibility index (Phi) is 5.71. The molecule has 1 atom stereocenters. The lowest BCUT2D eigenvalue weighted by atomic mass is 10.4. The molecule has 0 aromatic carbocycles. The number of ether oxygens (including phenoxy) is 2. The van der Waals surface area contributed by atoms with E-state index in [0.29, 0.717) is 0 Å². The molecule has 0 saturated carbocycles. The van der Waals surface area contributed by atoms with Crippen LogP contribution in [0.15, 0.2) is 0 Å². The van der Waals surface area contributed by atoms with E-state index >= 15 is 0 Å². The van der Waals surface area contributed by atoms with E-state index in [4.69, 9.17) is 11.6 Å². The first-order valence-electron chi connectivity index (χ1n) is 4.06. The monoisotopic (exact) mass is 302 g/mol. The Morgan fingerprint density at radius 2 is 1.44 bits per heavy atom. The summed E-state index contributed by atoms with van der Waals surface area (Å²) in [5.74, 6) is -6.04. The van der Waals surface area contributed by atoms with E-state index in [1.807, 2.05) is 0 Å². The molecule has 0 aromatic heterocycles. The minimum atomic E-state index is -5.32. The zero-order valence-electron chi connectivity index (χ0n) is 8.27. The summed E-state index contributed by atoms with van der Waals surface area (Å²) in [6.45, 7) is -1.23. The second-order valence-corrected chi connectivity index (χ2v) is 3.08. The van der Waals surface area contributed by atoms with Gasteiger partial charge < -0.3 is 9.47 Å². The van der Waals surface area contributed by atoms with Gasteiger partial charge in [0.05, 0.1) is 5.88 Å². The molecule has 0 radical (unpaired) electrons. The lowest BCUT2D eigenvalue weighted by Gasteiger charge is -2.16. The van der Waals surface area contributed by atoms with Gasteiger partial charge in [0.2, 0.25) is 0 Å². The highest BCUT2D eigenvalue weighted by Crippen LogP contribution is 2.19. The van der Waals surface area contributed by atoms with Crippen LogP contribution in [-0.4, -0.2) is 42.9 Å². The molecule has 0 fully saturated rings. The van der Waals surface area contributed by atoms with Crippen LogP contribution in [0.2, 0.25) is 0 Å². The molecule has 0 spiro atoms. The number of hydrogen-bond donors (Lipinski definition) is 0. The van der Waals surface area contributed by atoms with Gasteiger partial charge in [0, 0.05) is 0 Å². The van der Waals surface area contributed by atoms with Gasteiger partial charge in [0.1, 0.15) is 12.7 Å². The molecule has 0 saturated heterocycles. The zero-order valence-corrected chi connectivity index (χ0v) is 9.03. The molecule has 106 valence electrons. The smallest absolute Gasteiger partial charge is 0.455 e. The van der Waals surface area contributed by atoms with Crippen LogP contribution in [-0.2, 0) is 19.1 Å². The van der Waals surface area contributed by atoms with Gasteiger partial charge in [0.15, 0.2) is 0 Å². The van der Waals surface area contributed by atoms with Crippen molar-refractivity contribution < 1.29 is 45.4 Å². The number of esters is 2. The lowest BCUT2D eigenvalue weighted by molar-refractivity contribution is -0.212. The predicted molar refractivity (Wildman–Crippen MR) is 43.7 cm³/mol. The zero-order chi connectivity index (χ0) is 14.6. The van der Waals surface area contributed by atoms with Gasteiger partial charge in [0.25, 0.3) is 0 Å². The quantitative estimate of drug-likeness (QED) is 0.451. The van der Waals surface area contributed by atoms with Crippen molar-refractivity contribution in [2.45, 2.75) is 18.5 Å². The molecule has 0 aromatic rings. The maximum Gasteiger partial charge on any atom is 0.490 e. The van der Waals surface area contributed by atoms with E-state index in [1.54, 1.807) is 0 Å². The van der Waals surface area contributed by atoms with Crippen LogP contribution in [0.5, 0.6) is 0 Å². The fraction of sp³-hybridized carbons (Fsp3) is 0.714. The van der Waals surface area contributed by atoms with E-state index < -0.39 is 42.9 Å². The highest BCUT2D eigenvalue weighted by atomic mass is 35.5. The number of carbonyl (C=O) groups is 2. The second-order valence-electron chi connectivity index (χ2n) is 2.78. The van der Waals surface area contributed by atoms with E-state index in [-0.39, 0.29) is 0 Å². The van der Waals surface area contributed by atoms with Crippen LogP contribution in [0.25, 0.3) is 0 Å². The Morgan fingerprint density at radius 1 is 1.00 bits per heavy atom. The van der Waals surface area contributed by atoms with Crippen molar-refractivity contribution in [1.29, 1.82) is 0 Å². The first-order valence-corrected chi connectivity index (χ1v) is 4.59. The summed E-state index contributed by atoms with van der Waals surface area (Å²) in [7, 11) is 0. The third-order valence-electron chi connectivity index (χ3n) is 1.31. The van der Waals surface area contributed by atoms with Crippen molar-refractivity contribution in [1.82, 2.24) is 0 Å². The fourth-order valence-electron chi connectivity index (χ4n) is 0.579. The SMILES string of the molecule is O=C(OCC(CCl)OC(=O)C(F)(F)F)C(F)(F)F. The average molecular weight is 303 g/mol. The van der Waals surface area contributed by atoms with Gasteiger partial charge in [-0.25, -0.2) is 9.59 Å². The van der Waals surface area contributed by atoms with Crippen LogP contribution in [0, 0.1) is 0 Å². The van der Waals surface area contributed by atoms with Crippen LogP contribution in [0.1, 0.15) is 0 Å². The molecule has 0 aliphatic carbocycles. The van der Waals surface area contributed by atoms with Gasteiger partial charge in [-0.15, -0.1) is 11.6 Å². The maximum atomic E-state index is 11.7. The van der Waals surface area contributed by atoms with Crippen molar-refractivity contribution in [2.75, 3.05) is 12.5 Å². The highest BCUT2D eigenvalue weighted by molar-refractivity contribution is 6.18. The van der Waals surface area contributed by atoms with Crippen molar-refractivity contribution in [3.63, 3.8) is 0 Å². The summed E-state index contributed by atoms with van der Waals surface area (Å²) < 4.78 is 77.4. The minimum Gasteiger partial charge on any atom is -0.455 e. The standard InChI is InChI=1S/C7H5ClF6O4/c8-1-3(18-5(16)7(12,13)14)2-17-4(15)6(9,10)11/h3H,1-2H2. The first-order chi connectivity index (χ1) is 7.98. The normalized spacial score (nSPS) is 13.9. The van der Waals surface area contributed by atoms with Crippen molar-refractivity contribution >= 4 is 23.5 Å². The molecule has 1 unspecified atom stereocenters. The minimum absolute atomic E-state index is 0.771. The number of carbonyl (C=O) groups excluding carboxylic acids is 2. The van der Waals surface area contributed by atoms with Crippen molar-refractivity contribution in [2.24, 2.45) is 0 Å². The first kappa shape index (κ1) is 16.8. The lowest BCUT2D eigenvalue weighted by Crippen LogP contribution is -2.35. The van der Waals surface area contributed by atoms with E-state index in [0.717, 1.165) is 0 Å². The molecule has 0 amide bonds. The topological polar surface area (TPSA) is 52.6 Å². The maximum absolute atomic E-state index is 11.7. The molecule has 0 N–H and O–H groups in total. The summed E-state index contributed by atoms with van der Waals surface area (Å²) in [5, 5.41) is 0. The van der Waals surface area contributed by atoms with Gasteiger partial charge in [-0.1, -0.05) is 0 Å². The molecule has 0 rings (SSSR count). The third kappa shape index (κ3) is 5.94. The number of hydrogen-bond acceptors (Lipinski definition) is 4. The Labute approximate surface area is 101 Å². The van der Waals surface area contributed by atoms with E-state index in [2.05, 4.69) is 9.47 Å². The van der Waals surface area contributed by atoms with Gasteiger partial charge >= 0.3 is 24.3 Å². The van der Waals surface area contributed by atoms with E-state index in [1.165, 1.54) is 0 Å². The van der Waals surface area contributed by atoms with Crippen molar-refractivity contribution in [3.8, 4) is 0 Å². The van der Waals surface area contributed by atoms with Gasteiger partial charge in [-0.3, -0.25) is 0 Å². The van der Waals surface area contributed by atoms with Gasteiger partial charge in [-0.05, 0) is 0 Å². The Hall–Kier alpha value is -1.19. The van der Waals surface area contributed by atoms with Crippen LogP contribution in [0.3, 0.4) is 0 Å². The second kappa shape index (κ2) is 6.12. The molecular weight excluding hydrogens is 298 g/mol. The summed E-state index contributed by atoms with van der Waals surface area (Å²) in [6.07, 6.45) is -12.4. The fourth-order valence-corrected chi connectivity index (χ4v) is 0.731. The Balaban J connectivity index is 4.30. The number of halogens is 7. The average Bonchev–Trinajstić information content (AvgIpc) is 2.20. The van der Waals surface area contributed by atoms with E-state index in [9.17, 15) is 35.9 Å². The molecule has 0 aliphatic heterocycles. The van der Waals surface area contributed by atoms with Crippen molar-refractivity contribution in [3.05, 3.63) is 0 Å². The molecule has 0 heterocycles.